The molecule has 0 unspecified atom stereocenters. The van der Waals surface area contributed by atoms with E-state index in [-0.39, 0.29) is 11.4 Å². The van der Waals surface area contributed by atoms with Crippen molar-refractivity contribution in [1.29, 1.82) is 0 Å². The second kappa shape index (κ2) is 6.01. The van der Waals surface area contributed by atoms with Gasteiger partial charge in [-0.1, -0.05) is 6.07 Å². The predicted octanol–water partition coefficient (Wildman–Crippen LogP) is 1.79. The summed E-state index contributed by atoms with van der Waals surface area (Å²) in [6.07, 6.45) is 0.916. The van der Waals surface area contributed by atoms with Crippen molar-refractivity contribution in [3.8, 4) is 0 Å². The maximum Gasteiger partial charge on any atom is 0.233 e. The zero-order valence-electron chi connectivity index (χ0n) is 10.2. The number of rotatable bonds is 5. The van der Waals surface area contributed by atoms with Crippen LogP contribution in [-0.2, 0) is 11.2 Å². The third-order valence-electron chi connectivity index (χ3n) is 2.05. The Morgan fingerprint density at radius 3 is 2.75 bits per heavy atom. The van der Waals surface area contributed by atoms with Gasteiger partial charge in [0.05, 0.1) is 6.54 Å². The monoisotopic (exact) mass is 240 g/mol. The zero-order valence-corrected chi connectivity index (χ0v) is 11.0. The van der Waals surface area contributed by atoms with Crippen molar-refractivity contribution < 1.29 is 4.79 Å². The van der Waals surface area contributed by atoms with Gasteiger partial charge in [-0.05, 0) is 38.6 Å². The lowest BCUT2D eigenvalue weighted by atomic mass is 10.1. The molecule has 1 heterocycles. The second-order valence-corrected chi connectivity index (χ2v) is 5.82. The SMILES string of the molecule is CC(C)(C)NCC(=O)NCCc1cccs1. The lowest BCUT2D eigenvalue weighted by Crippen LogP contribution is -2.43. The molecule has 0 aliphatic rings. The van der Waals surface area contributed by atoms with Crippen LogP contribution in [0.5, 0.6) is 0 Å². The highest BCUT2D eigenvalue weighted by Gasteiger charge is 2.10. The normalized spacial score (nSPS) is 11.4. The zero-order chi connectivity index (χ0) is 12.0. The van der Waals surface area contributed by atoms with Gasteiger partial charge >= 0.3 is 0 Å². The Morgan fingerprint density at radius 2 is 2.19 bits per heavy atom. The molecule has 1 aromatic rings. The van der Waals surface area contributed by atoms with E-state index in [2.05, 4.69) is 22.1 Å². The van der Waals surface area contributed by atoms with Crippen LogP contribution < -0.4 is 10.6 Å². The van der Waals surface area contributed by atoms with Crippen LogP contribution in [0.4, 0.5) is 0 Å². The molecular weight excluding hydrogens is 220 g/mol. The second-order valence-electron chi connectivity index (χ2n) is 4.78. The lowest BCUT2D eigenvalue weighted by Gasteiger charge is -2.19. The van der Waals surface area contributed by atoms with Crippen LogP contribution in [0.1, 0.15) is 25.6 Å². The van der Waals surface area contributed by atoms with Gasteiger partial charge in [-0.15, -0.1) is 11.3 Å². The number of thiophene rings is 1. The Kier molecular flexibility index (Phi) is 4.96. The number of amides is 1. The van der Waals surface area contributed by atoms with Gasteiger partial charge in [0.2, 0.25) is 5.91 Å². The van der Waals surface area contributed by atoms with Gasteiger partial charge in [-0.3, -0.25) is 4.79 Å². The van der Waals surface area contributed by atoms with Gasteiger partial charge in [0.25, 0.3) is 0 Å². The van der Waals surface area contributed by atoms with Crippen LogP contribution in [0.25, 0.3) is 0 Å². The molecule has 0 aliphatic carbocycles. The maximum atomic E-state index is 11.4. The van der Waals surface area contributed by atoms with E-state index in [0.717, 1.165) is 6.42 Å². The molecule has 1 aromatic heterocycles. The molecule has 0 radical (unpaired) electrons. The topological polar surface area (TPSA) is 41.1 Å². The van der Waals surface area contributed by atoms with E-state index in [1.165, 1.54) is 4.88 Å². The van der Waals surface area contributed by atoms with E-state index in [1.54, 1.807) is 11.3 Å². The van der Waals surface area contributed by atoms with Gasteiger partial charge in [-0.2, -0.15) is 0 Å². The Hall–Kier alpha value is -0.870. The molecule has 0 bridgehead atoms. The van der Waals surface area contributed by atoms with Crippen LogP contribution in [0.2, 0.25) is 0 Å². The molecule has 2 N–H and O–H groups in total. The molecular formula is C12H20N2OS. The third kappa shape index (κ3) is 5.88. The number of nitrogens with one attached hydrogen (secondary N) is 2. The highest BCUT2D eigenvalue weighted by atomic mass is 32.1. The minimum absolute atomic E-state index is 0.00884. The van der Waals surface area contributed by atoms with Crippen LogP contribution in [0, 0.1) is 0 Å². The molecule has 1 amide bonds. The fraction of sp³-hybridized carbons (Fsp3) is 0.583. The minimum Gasteiger partial charge on any atom is -0.355 e. The van der Waals surface area contributed by atoms with E-state index < -0.39 is 0 Å². The van der Waals surface area contributed by atoms with Crippen LogP contribution in [-0.4, -0.2) is 24.5 Å². The first-order valence-electron chi connectivity index (χ1n) is 5.51. The lowest BCUT2D eigenvalue weighted by molar-refractivity contribution is -0.120. The fourth-order valence-electron chi connectivity index (χ4n) is 1.19. The maximum absolute atomic E-state index is 11.4. The highest BCUT2D eigenvalue weighted by Crippen LogP contribution is 2.07. The van der Waals surface area contributed by atoms with Crippen molar-refractivity contribution >= 4 is 17.2 Å². The number of carbonyl (C=O) groups is 1. The first kappa shape index (κ1) is 13.2. The van der Waals surface area contributed by atoms with Crippen molar-refractivity contribution in [1.82, 2.24) is 10.6 Å². The molecule has 0 saturated heterocycles. The average Bonchev–Trinajstić information content (AvgIpc) is 2.66. The number of hydrogen-bond donors (Lipinski definition) is 2. The van der Waals surface area contributed by atoms with Crippen molar-refractivity contribution in [2.75, 3.05) is 13.1 Å². The summed E-state index contributed by atoms with van der Waals surface area (Å²) in [5.74, 6) is 0.0616. The summed E-state index contributed by atoms with van der Waals surface area (Å²) < 4.78 is 0. The molecule has 0 atom stereocenters. The van der Waals surface area contributed by atoms with Gasteiger partial charge in [-0.25, -0.2) is 0 Å². The molecule has 0 fully saturated rings. The quantitative estimate of drug-likeness (QED) is 0.824. The predicted molar refractivity (Wildman–Crippen MR) is 68.8 cm³/mol. The number of carbonyl (C=O) groups excluding carboxylic acids is 1. The average molecular weight is 240 g/mol. The van der Waals surface area contributed by atoms with E-state index in [9.17, 15) is 4.79 Å². The Labute approximate surface area is 101 Å². The third-order valence-corrected chi connectivity index (χ3v) is 2.99. The van der Waals surface area contributed by atoms with Crippen LogP contribution in [0.3, 0.4) is 0 Å². The van der Waals surface area contributed by atoms with E-state index in [1.807, 2.05) is 26.8 Å². The van der Waals surface area contributed by atoms with E-state index >= 15 is 0 Å². The van der Waals surface area contributed by atoms with Crippen molar-refractivity contribution in [3.63, 3.8) is 0 Å². The molecule has 90 valence electrons. The molecule has 4 heteroatoms. The van der Waals surface area contributed by atoms with Crippen LogP contribution >= 0.6 is 11.3 Å². The van der Waals surface area contributed by atoms with E-state index in [0.29, 0.717) is 13.1 Å². The summed E-state index contributed by atoms with van der Waals surface area (Å²) in [7, 11) is 0. The summed E-state index contributed by atoms with van der Waals surface area (Å²) in [4.78, 5) is 12.8. The first-order valence-corrected chi connectivity index (χ1v) is 6.39. The van der Waals surface area contributed by atoms with Gasteiger partial charge in [0.1, 0.15) is 0 Å². The van der Waals surface area contributed by atoms with Crippen molar-refractivity contribution in [2.45, 2.75) is 32.7 Å². The molecule has 16 heavy (non-hydrogen) atoms. The summed E-state index contributed by atoms with van der Waals surface area (Å²) in [5.41, 5.74) is -0.00884. The minimum atomic E-state index is -0.00884. The molecule has 3 nitrogen and oxygen atoms in total. The first-order chi connectivity index (χ1) is 7.47. The number of hydrogen-bond acceptors (Lipinski definition) is 3. The standard InChI is InChI=1S/C12H20N2OS/c1-12(2,3)14-9-11(15)13-7-6-10-5-4-8-16-10/h4-5,8,14H,6-7,9H2,1-3H3,(H,13,15). The summed E-state index contributed by atoms with van der Waals surface area (Å²) in [5, 5.41) is 8.11. The van der Waals surface area contributed by atoms with Crippen molar-refractivity contribution in [3.05, 3.63) is 22.4 Å². The fourth-order valence-corrected chi connectivity index (χ4v) is 1.90. The van der Waals surface area contributed by atoms with Gasteiger partial charge in [0.15, 0.2) is 0 Å². The molecule has 0 saturated carbocycles. The Bertz CT molecular complexity index is 314. The van der Waals surface area contributed by atoms with Crippen molar-refractivity contribution in [2.24, 2.45) is 0 Å². The smallest absolute Gasteiger partial charge is 0.233 e. The van der Waals surface area contributed by atoms with Gasteiger partial charge in [0, 0.05) is 17.0 Å². The van der Waals surface area contributed by atoms with Gasteiger partial charge < -0.3 is 10.6 Å². The Morgan fingerprint density at radius 1 is 1.44 bits per heavy atom. The van der Waals surface area contributed by atoms with E-state index in [4.69, 9.17) is 0 Å². The van der Waals surface area contributed by atoms with Crippen LogP contribution in [0.15, 0.2) is 17.5 Å². The molecule has 0 spiro atoms. The summed E-state index contributed by atoms with van der Waals surface area (Å²) >= 11 is 1.73. The summed E-state index contributed by atoms with van der Waals surface area (Å²) in [6, 6.07) is 4.12. The highest BCUT2D eigenvalue weighted by molar-refractivity contribution is 7.09. The Balaban J connectivity index is 2.11. The summed E-state index contributed by atoms with van der Waals surface area (Å²) in [6.45, 7) is 7.24. The molecule has 1 rings (SSSR count). The largest absolute Gasteiger partial charge is 0.355 e. The molecule has 0 aromatic carbocycles. The molecule has 0 aliphatic heterocycles.